The number of hydrogen-bond donors (Lipinski definition) is 0. The van der Waals surface area contributed by atoms with E-state index in [2.05, 4.69) is 61.5 Å². The van der Waals surface area contributed by atoms with Crippen molar-refractivity contribution >= 4 is 11.8 Å². The minimum Gasteiger partial charge on any atom is -0.126 e. The molecule has 2 aromatic rings. The van der Waals surface area contributed by atoms with Crippen LogP contribution in [0.3, 0.4) is 0 Å². The van der Waals surface area contributed by atoms with Gasteiger partial charge in [0.05, 0.1) is 0 Å². The highest BCUT2D eigenvalue weighted by atomic mass is 32.2. The highest BCUT2D eigenvalue weighted by Gasteiger charge is 1.98. The van der Waals surface area contributed by atoms with Crippen LogP contribution in [0.1, 0.15) is 19.8 Å². The number of rotatable bonds is 5. The summed E-state index contributed by atoms with van der Waals surface area (Å²) in [6.07, 6.45) is 2.56. The maximum absolute atomic E-state index is 2.29. The summed E-state index contributed by atoms with van der Waals surface area (Å²) in [7, 11) is 0. The molecular formula is C16H18S. The van der Waals surface area contributed by atoms with Gasteiger partial charge in [0.15, 0.2) is 0 Å². The zero-order chi connectivity index (χ0) is 11.9. The van der Waals surface area contributed by atoms with Gasteiger partial charge in [-0.25, -0.2) is 0 Å². The molecule has 0 fully saturated rings. The highest BCUT2D eigenvalue weighted by molar-refractivity contribution is 7.99. The Morgan fingerprint density at radius 3 is 2.41 bits per heavy atom. The lowest BCUT2D eigenvalue weighted by molar-refractivity contribution is 0.896. The molecule has 0 heterocycles. The third-order valence-corrected chi connectivity index (χ3v) is 3.79. The third kappa shape index (κ3) is 3.64. The summed E-state index contributed by atoms with van der Waals surface area (Å²) in [5.74, 6) is 1.22. The van der Waals surface area contributed by atoms with Gasteiger partial charge in [0.2, 0.25) is 0 Å². The molecule has 0 spiro atoms. The maximum atomic E-state index is 2.29. The van der Waals surface area contributed by atoms with Crippen molar-refractivity contribution in [1.29, 1.82) is 0 Å². The maximum Gasteiger partial charge on any atom is 0.00781 e. The summed E-state index contributed by atoms with van der Waals surface area (Å²) in [4.78, 5) is 1.37. The Morgan fingerprint density at radius 1 is 0.882 bits per heavy atom. The summed E-state index contributed by atoms with van der Waals surface area (Å²) in [5, 5.41) is 0. The van der Waals surface area contributed by atoms with Gasteiger partial charge in [-0.15, -0.1) is 11.8 Å². The van der Waals surface area contributed by atoms with Crippen LogP contribution in [0.25, 0.3) is 11.1 Å². The van der Waals surface area contributed by atoms with E-state index in [9.17, 15) is 0 Å². The van der Waals surface area contributed by atoms with E-state index >= 15 is 0 Å². The molecule has 0 aliphatic carbocycles. The van der Waals surface area contributed by atoms with E-state index in [1.807, 2.05) is 11.8 Å². The summed E-state index contributed by atoms with van der Waals surface area (Å²) in [6, 6.07) is 19.4. The molecular weight excluding hydrogens is 224 g/mol. The van der Waals surface area contributed by atoms with Crippen molar-refractivity contribution in [3.63, 3.8) is 0 Å². The standard InChI is InChI=1S/C16H18S/c1-2-3-12-17-16-11-7-10-15(13-16)14-8-5-4-6-9-14/h4-11,13H,2-3,12H2,1H3. The van der Waals surface area contributed by atoms with Crippen LogP contribution in [-0.2, 0) is 0 Å². The van der Waals surface area contributed by atoms with E-state index in [4.69, 9.17) is 0 Å². The van der Waals surface area contributed by atoms with E-state index in [0.717, 1.165) is 0 Å². The molecule has 0 saturated carbocycles. The number of thioether (sulfide) groups is 1. The van der Waals surface area contributed by atoms with Crippen molar-refractivity contribution in [2.24, 2.45) is 0 Å². The van der Waals surface area contributed by atoms with E-state index in [-0.39, 0.29) is 0 Å². The molecule has 0 aromatic heterocycles. The van der Waals surface area contributed by atoms with Crippen LogP contribution in [0, 0.1) is 0 Å². The van der Waals surface area contributed by atoms with Crippen LogP contribution in [-0.4, -0.2) is 5.75 Å². The first-order valence-electron chi connectivity index (χ1n) is 6.18. The molecule has 0 N–H and O–H groups in total. The SMILES string of the molecule is CCCCSc1cccc(-c2ccccc2)c1. The van der Waals surface area contributed by atoms with Crippen molar-refractivity contribution in [1.82, 2.24) is 0 Å². The topological polar surface area (TPSA) is 0 Å². The first-order chi connectivity index (χ1) is 8.40. The van der Waals surface area contributed by atoms with Crippen LogP contribution >= 0.6 is 11.8 Å². The van der Waals surface area contributed by atoms with Crippen molar-refractivity contribution in [2.45, 2.75) is 24.7 Å². The van der Waals surface area contributed by atoms with E-state index in [1.54, 1.807) is 0 Å². The minimum atomic E-state index is 1.22. The normalized spacial score (nSPS) is 10.4. The second-order valence-corrected chi connectivity index (χ2v) is 5.26. The fourth-order valence-electron chi connectivity index (χ4n) is 1.73. The Balaban J connectivity index is 2.12. The summed E-state index contributed by atoms with van der Waals surface area (Å²) in [5.41, 5.74) is 2.61. The Morgan fingerprint density at radius 2 is 1.65 bits per heavy atom. The molecule has 0 amide bonds. The average molecular weight is 242 g/mol. The average Bonchev–Trinajstić information content (AvgIpc) is 2.41. The third-order valence-electron chi connectivity index (χ3n) is 2.71. The lowest BCUT2D eigenvalue weighted by Gasteiger charge is -2.05. The molecule has 0 bridgehead atoms. The van der Waals surface area contributed by atoms with Gasteiger partial charge in [0, 0.05) is 4.90 Å². The van der Waals surface area contributed by atoms with E-state index in [0.29, 0.717) is 0 Å². The highest BCUT2D eigenvalue weighted by Crippen LogP contribution is 2.26. The van der Waals surface area contributed by atoms with E-state index < -0.39 is 0 Å². The Bertz CT molecular complexity index is 448. The van der Waals surface area contributed by atoms with Crippen LogP contribution in [0.2, 0.25) is 0 Å². The smallest absolute Gasteiger partial charge is 0.00781 e. The van der Waals surface area contributed by atoms with Gasteiger partial charge >= 0.3 is 0 Å². The summed E-state index contributed by atoms with van der Waals surface area (Å²) in [6.45, 7) is 2.24. The van der Waals surface area contributed by atoms with Gasteiger partial charge in [-0.3, -0.25) is 0 Å². The molecule has 17 heavy (non-hydrogen) atoms. The van der Waals surface area contributed by atoms with Gasteiger partial charge in [0.1, 0.15) is 0 Å². The minimum absolute atomic E-state index is 1.22. The first-order valence-corrected chi connectivity index (χ1v) is 7.17. The van der Waals surface area contributed by atoms with Crippen LogP contribution in [0.15, 0.2) is 59.5 Å². The zero-order valence-corrected chi connectivity index (χ0v) is 11.0. The lowest BCUT2D eigenvalue weighted by Crippen LogP contribution is -1.81. The predicted molar refractivity (Wildman–Crippen MR) is 77.5 cm³/mol. The number of hydrogen-bond acceptors (Lipinski definition) is 1. The van der Waals surface area contributed by atoms with Gasteiger partial charge in [-0.05, 0) is 35.4 Å². The number of unbranched alkanes of at least 4 members (excludes halogenated alkanes) is 1. The van der Waals surface area contributed by atoms with Gasteiger partial charge in [-0.1, -0.05) is 55.8 Å². The molecule has 2 rings (SSSR count). The Hall–Kier alpha value is -1.21. The van der Waals surface area contributed by atoms with Crippen molar-refractivity contribution in [2.75, 3.05) is 5.75 Å². The molecule has 0 radical (unpaired) electrons. The summed E-state index contributed by atoms with van der Waals surface area (Å²) < 4.78 is 0. The summed E-state index contributed by atoms with van der Waals surface area (Å²) >= 11 is 1.95. The first kappa shape index (κ1) is 12.3. The van der Waals surface area contributed by atoms with Gasteiger partial charge in [-0.2, -0.15) is 0 Å². The molecule has 88 valence electrons. The molecule has 0 atom stereocenters. The monoisotopic (exact) mass is 242 g/mol. The second-order valence-electron chi connectivity index (χ2n) is 4.10. The van der Waals surface area contributed by atoms with Crippen molar-refractivity contribution in [3.8, 4) is 11.1 Å². The quantitative estimate of drug-likeness (QED) is 0.510. The second kappa shape index (κ2) is 6.51. The Kier molecular flexibility index (Phi) is 4.69. The molecule has 0 unspecified atom stereocenters. The zero-order valence-electron chi connectivity index (χ0n) is 10.2. The molecule has 0 nitrogen and oxygen atoms in total. The number of benzene rings is 2. The van der Waals surface area contributed by atoms with Crippen LogP contribution in [0.5, 0.6) is 0 Å². The van der Waals surface area contributed by atoms with Gasteiger partial charge in [0.25, 0.3) is 0 Å². The van der Waals surface area contributed by atoms with Crippen molar-refractivity contribution in [3.05, 3.63) is 54.6 Å². The molecule has 0 saturated heterocycles. The molecule has 2 aromatic carbocycles. The fourth-order valence-corrected chi connectivity index (χ4v) is 2.78. The predicted octanol–water partition coefficient (Wildman–Crippen LogP) is 5.25. The van der Waals surface area contributed by atoms with Crippen LogP contribution < -0.4 is 0 Å². The Labute approximate surface area is 108 Å². The largest absolute Gasteiger partial charge is 0.126 e. The fraction of sp³-hybridized carbons (Fsp3) is 0.250. The van der Waals surface area contributed by atoms with E-state index in [1.165, 1.54) is 34.6 Å². The van der Waals surface area contributed by atoms with Crippen molar-refractivity contribution < 1.29 is 0 Å². The molecule has 0 aliphatic rings. The molecule has 0 aliphatic heterocycles. The molecule has 1 heteroatoms. The van der Waals surface area contributed by atoms with Crippen LogP contribution in [0.4, 0.5) is 0 Å². The van der Waals surface area contributed by atoms with Gasteiger partial charge < -0.3 is 0 Å². The lowest BCUT2D eigenvalue weighted by atomic mass is 10.1.